The van der Waals surface area contributed by atoms with Crippen LogP contribution in [0, 0.1) is 11.8 Å². The molecular weight excluding hydrogens is 445 g/mol. The molecule has 1 aromatic heterocycles. The van der Waals surface area contributed by atoms with E-state index in [0.29, 0.717) is 24.0 Å². The van der Waals surface area contributed by atoms with E-state index in [0.717, 1.165) is 25.6 Å². The molecule has 134 valence electrons. The first kappa shape index (κ1) is 17.5. The smallest absolute Gasteiger partial charge is 0.193 e. The van der Waals surface area contributed by atoms with Crippen LogP contribution in [-0.4, -0.2) is 43.2 Å². The number of hydrogen-bond donors (Lipinski definition) is 1. The van der Waals surface area contributed by atoms with E-state index in [4.69, 9.17) is 4.74 Å². The number of guanidine groups is 1. The van der Waals surface area contributed by atoms with E-state index < -0.39 is 0 Å². The van der Waals surface area contributed by atoms with E-state index in [-0.39, 0.29) is 24.0 Å². The predicted molar refractivity (Wildman–Crippen MR) is 114 cm³/mol. The Morgan fingerprint density at radius 1 is 1.24 bits per heavy atom. The molecule has 3 aliphatic heterocycles. The van der Waals surface area contributed by atoms with Gasteiger partial charge in [0.2, 0.25) is 0 Å². The number of hydrogen-bond acceptors (Lipinski definition) is 3. The number of ether oxygens (including phenoxy) is 1. The molecule has 0 aliphatic carbocycles. The third kappa shape index (κ3) is 2.96. The van der Waals surface area contributed by atoms with Crippen molar-refractivity contribution in [3.63, 3.8) is 0 Å². The van der Waals surface area contributed by atoms with Gasteiger partial charge in [-0.1, -0.05) is 18.2 Å². The number of nitrogens with zero attached hydrogens (tertiary/aromatic N) is 2. The van der Waals surface area contributed by atoms with Gasteiger partial charge >= 0.3 is 0 Å². The standard InChI is InChI=1S/C19H23N3OS.HI/c1-20-19(21-8-12-11-24-18-5-3-2-4-13(12)18)22-9-14-15(10-22)17-7-6-16(14)23-17;/h2-5,11,14-17H,6-10H2,1H3,(H,20,21);1H. The van der Waals surface area contributed by atoms with Crippen LogP contribution in [0.15, 0.2) is 34.6 Å². The van der Waals surface area contributed by atoms with Crippen LogP contribution >= 0.6 is 35.3 Å². The normalized spacial score (nSPS) is 30.6. The highest BCUT2D eigenvalue weighted by Gasteiger charge is 2.53. The Hall–Kier alpha value is -0.860. The summed E-state index contributed by atoms with van der Waals surface area (Å²) in [6.45, 7) is 3.03. The zero-order valence-corrected chi connectivity index (χ0v) is 17.5. The molecule has 2 aromatic rings. The number of fused-ring (bicyclic) bond motifs is 6. The fourth-order valence-electron chi connectivity index (χ4n) is 4.81. The quantitative estimate of drug-likeness (QED) is 0.414. The van der Waals surface area contributed by atoms with Gasteiger partial charge in [-0.05, 0) is 35.2 Å². The SMILES string of the molecule is CN=C(NCc1csc2ccccc12)N1CC2C3CCC(O3)C2C1.I. The maximum absolute atomic E-state index is 6.08. The largest absolute Gasteiger partial charge is 0.374 e. The summed E-state index contributed by atoms with van der Waals surface area (Å²) in [5.74, 6) is 2.47. The van der Waals surface area contributed by atoms with Gasteiger partial charge in [0.25, 0.3) is 0 Å². The highest BCUT2D eigenvalue weighted by Crippen LogP contribution is 2.47. The van der Waals surface area contributed by atoms with Gasteiger partial charge in [-0.3, -0.25) is 4.99 Å². The molecule has 6 heteroatoms. The first-order chi connectivity index (χ1) is 11.8. The minimum Gasteiger partial charge on any atom is -0.374 e. The van der Waals surface area contributed by atoms with Crippen molar-refractivity contribution >= 4 is 51.4 Å². The second kappa shape index (κ2) is 7.04. The molecule has 0 saturated carbocycles. The van der Waals surface area contributed by atoms with Crippen molar-refractivity contribution in [1.29, 1.82) is 0 Å². The fraction of sp³-hybridized carbons (Fsp3) is 0.526. The van der Waals surface area contributed by atoms with E-state index in [2.05, 4.69) is 44.9 Å². The molecule has 1 N–H and O–H groups in total. The molecule has 2 bridgehead atoms. The summed E-state index contributed by atoms with van der Waals surface area (Å²) < 4.78 is 7.44. The minimum atomic E-state index is 0. The van der Waals surface area contributed by atoms with Crippen LogP contribution in [0.2, 0.25) is 0 Å². The Balaban J connectivity index is 0.00000157. The average Bonchev–Trinajstić information content (AvgIpc) is 3.37. The van der Waals surface area contributed by atoms with Crippen molar-refractivity contribution in [2.75, 3.05) is 20.1 Å². The molecule has 4 nitrogen and oxygen atoms in total. The Labute approximate surface area is 169 Å². The molecule has 5 rings (SSSR count). The molecule has 4 atom stereocenters. The highest BCUT2D eigenvalue weighted by atomic mass is 127. The number of rotatable bonds is 2. The Kier molecular flexibility index (Phi) is 4.94. The second-order valence-electron chi connectivity index (χ2n) is 7.18. The van der Waals surface area contributed by atoms with E-state index in [1.54, 1.807) is 0 Å². The van der Waals surface area contributed by atoms with Crippen LogP contribution in [-0.2, 0) is 11.3 Å². The van der Waals surface area contributed by atoms with Gasteiger partial charge in [-0.15, -0.1) is 35.3 Å². The molecule has 4 unspecified atom stereocenters. The van der Waals surface area contributed by atoms with Crippen molar-refractivity contribution in [3.05, 3.63) is 35.2 Å². The summed E-state index contributed by atoms with van der Waals surface area (Å²) in [4.78, 5) is 6.98. The lowest BCUT2D eigenvalue weighted by atomic mass is 9.82. The first-order valence-corrected chi connectivity index (χ1v) is 9.77. The molecule has 3 fully saturated rings. The van der Waals surface area contributed by atoms with E-state index >= 15 is 0 Å². The van der Waals surface area contributed by atoms with E-state index in [1.165, 1.54) is 28.5 Å². The summed E-state index contributed by atoms with van der Waals surface area (Å²) in [6.07, 6.45) is 3.52. The summed E-state index contributed by atoms with van der Waals surface area (Å²) in [5, 5.41) is 7.21. The number of likely N-dealkylation sites (tertiary alicyclic amines) is 1. The zero-order chi connectivity index (χ0) is 16.1. The van der Waals surface area contributed by atoms with Crippen molar-refractivity contribution in [2.45, 2.75) is 31.6 Å². The summed E-state index contributed by atoms with van der Waals surface area (Å²) in [6, 6.07) is 8.62. The number of thiophene rings is 1. The third-order valence-electron chi connectivity index (χ3n) is 5.96. The zero-order valence-electron chi connectivity index (χ0n) is 14.4. The lowest BCUT2D eigenvalue weighted by molar-refractivity contribution is 0.0767. The van der Waals surface area contributed by atoms with Crippen molar-refractivity contribution < 1.29 is 4.74 Å². The Morgan fingerprint density at radius 2 is 1.96 bits per heavy atom. The second-order valence-corrected chi connectivity index (χ2v) is 8.09. The molecule has 3 aliphatic rings. The fourth-order valence-corrected chi connectivity index (χ4v) is 5.77. The van der Waals surface area contributed by atoms with Crippen molar-refractivity contribution in [2.24, 2.45) is 16.8 Å². The summed E-state index contributed by atoms with van der Waals surface area (Å²) >= 11 is 1.82. The van der Waals surface area contributed by atoms with Crippen LogP contribution in [0.1, 0.15) is 18.4 Å². The van der Waals surface area contributed by atoms with Crippen LogP contribution in [0.5, 0.6) is 0 Å². The molecule has 0 spiro atoms. The van der Waals surface area contributed by atoms with Crippen molar-refractivity contribution in [1.82, 2.24) is 10.2 Å². The van der Waals surface area contributed by atoms with Gasteiger partial charge in [0.1, 0.15) is 0 Å². The molecule has 4 heterocycles. The maximum atomic E-state index is 6.08. The van der Waals surface area contributed by atoms with Crippen LogP contribution in [0.3, 0.4) is 0 Å². The van der Waals surface area contributed by atoms with Gasteiger partial charge in [-0.25, -0.2) is 0 Å². The van der Waals surface area contributed by atoms with Crippen LogP contribution in [0.4, 0.5) is 0 Å². The predicted octanol–water partition coefficient (Wildman–Crippen LogP) is 3.70. The van der Waals surface area contributed by atoms with Crippen LogP contribution in [0.25, 0.3) is 10.1 Å². The number of halogens is 1. The molecule has 0 radical (unpaired) electrons. The lowest BCUT2D eigenvalue weighted by Gasteiger charge is -2.23. The third-order valence-corrected chi connectivity index (χ3v) is 6.97. The van der Waals surface area contributed by atoms with Gasteiger partial charge in [0.05, 0.1) is 12.2 Å². The average molecular weight is 469 g/mol. The van der Waals surface area contributed by atoms with E-state index in [9.17, 15) is 0 Å². The lowest BCUT2D eigenvalue weighted by Crippen LogP contribution is -2.40. The first-order valence-electron chi connectivity index (χ1n) is 8.89. The molecule has 0 amide bonds. The molecular formula is C19H24IN3OS. The van der Waals surface area contributed by atoms with E-state index in [1.807, 2.05) is 18.4 Å². The number of aliphatic imine (C=N–C) groups is 1. The monoisotopic (exact) mass is 469 g/mol. The summed E-state index contributed by atoms with van der Waals surface area (Å²) in [5.41, 5.74) is 1.36. The van der Waals surface area contributed by atoms with Gasteiger partial charge in [0.15, 0.2) is 5.96 Å². The maximum Gasteiger partial charge on any atom is 0.193 e. The molecule has 25 heavy (non-hydrogen) atoms. The number of benzene rings is 1. The summed E-state index contributed by atoms with van der Waals surface area (Å²) in [7, 11) is 1.90. The highest BCUT2D eigenvalue weighted by molar-refractivity contribution is 14.0. The molecule has 1 aromatic carbocycles. The number of nitrogens with one attached hydrogen (secondary N) is 1. The van der Waals surface area contributed by atoms with Gasteiger partial charge in [0, 0.05) is 43.2 Å². The van der Waals surface area contributed by atoms with Crippen LogP contribution < -0.4 is 5.32 Å². The Morgan fingerprint density at radius 3 is 2.68 bits per heavy atom. The topological polar surface area (TPSA) is 36.9 Å². The Bertz CT molecular complexity index is 774. The molecule has 3 saturated heterocycles. The van der Waals surface area contributed by atoms with Gasteiger partial charge < -0.3 is 15.0 Å². The van der Waals surface area contributed by atoms with Crippen molar-refractivity contribution in [3.8, 4) is 0 Å². The van der Waals surface area contributed by atoms with Gasteiger partial charge in [-0.2, -0.15) is 0 Å². The minimum absolute atomic E-state index is 0.